The fourth-order valence-electron chi connectivity index (χ4n) is 1.22. The third-order valence-electron chi connectivity index (χ3n) is 2.26. The highest BCUT2D eigenvalue weighted by Crippen LogP contribution is 2.19. The number of nitrogens with one attached hydrogen (secondary N) is 2. The van der Waals surface area contributed by atoms with Crippen molar-refractivity contribution in [1.29, 1.82) is 0 Å². The van der Waals surface area contributed by atoms with E-state index < -0.39 is 11.8 Å². The smallest absolute Gasteiger partial charge is 0.313 e. The number of hydrogen-bond donors (Lipinski definition) is 3. The Morgan fingerprint density at radius 1 is 1.33 bits per heavy atom. The highest BCUT2D eigenvalue weighted by atomic mass is 35.5. The van der Waals surface area contributed by atoms with Crippen LogP contribution in [0.5, 0.6) is 0 Å². The molecule has 0 aliphatic carbocycles. The normalized spacial score (nSPS) is 9.94. The molecule has 0 saturated heterocycles. The molecule has 1 rings (SSSR count). The van der Waals surface area contributed by atoms with Crippen molar-refractivity contribution in [2.45, 2.75) is 13.3 Å². The number of anilines is 1. The number of rotatable bonds is 4. The minimum absolute atomic E-state index is 0.0323. The van der Waals surface area contributed by atoms with Gasteiger partial charge in [-0.15, -0.1) is 0 Å². The molecular weight excluding hydrogens is 256 g/mol. The van der Waals surface area contributed by atoms with Crippen molar-refractivity contribution in [2.75, 3.05) is 18.5 Å². The molecule has 0 atom stereocenters. The number of aryl methyl sites for hydroxylation is 1. The van der Waals surface area contributed by atoms with Gasteiger partial charge in [0.05, 0.1) is 0 Å². The van der Waals surface area contributed by atoms with Gasteiger partial charge in [-0.05, 0) is 31.0 Å². The molecule has 0 bridgehead atoms. The van der Waals surface area contributed by atoms with Crippen molar-refractivity contribution in [2.24, 2.45) is 0 Å². The molecule has 18 heavy (non-hydrogen) atoms. The second kappa shape index (κ2) is 6.98. The zero-order valence-electron chi connectivity index (χ0n) is 10.00. The van der Waals surface area contributed by atoms with E-state index in [1.54, 1.807) is 18.2 Å². The first-order chi connectivity index (χ1) is 8.54. The summed E-state index contributed by atoms with van der Waals surface area (Å²) in [5.41, 5.74) is 1.36. The van der Waals surface area contributed by atoms with E-state index in [2.05, 4.69) is 10.6 Å². The van der Waals surface area contributed by atoms with Crippen LogP contribution < -0.4 is 10.6 Å². The van der Waals surface area contributed by atoms with Gasteiger partial charge in [-0.25, -0.2) is 0 Å². The molecule has 1 aromatic rings. The van der Waals surface area contributed by atoms with E-state index >= 15 is 0 Å². The van der Waals surface area contributed by atoms with Crippen molar-refractivity contribution >= 4 is 29.1 Å². The van der Waals surface area contributed by atoms with E-state index in [1.807, 2.05) is 6.92 Å². The monoisotopic (exact) mass is 270 g/mol. The van der Waals surface area contributed by atoms with E-state index in [1.165, 1.54) is 0 Å². The molecule has 0 aliphatic heterocycles. The molecule has 0 spiro atoms. The van der Waals surface area contributed by atoms with Gasteiger partial charge < -0.3 is 15.7 Å². The highest BCUT2D eigenvalue weighted by molar-refractivity contribution is 6.39. The second-order valence-corrected chi connectivity index (χ2v) is 4.16. The Morgan fingerprint density at radius 3 is 2.67 bits per heavy atom. The lowest BCUT2D eigenvalue weighted by Crippen LogP contribution is -2.36. The van der Waals surface area contributed by atoms with Crippen molar-refractivity contribution in [3.05, 3.63) is 28.8 Å². The zero-order chi connectivity index (χ0) is 13.5. The van der Waals surface area contributed by atoms with Crippen LogP contribution in [0.3, 0.4) is 0 Å². The number of benzene rings is 1. The van der Waals surface area contributed by atoms with Gasteiger partial charge in [-0.1, -0.05) is 17.7 Å². The summed E-state index contributed by atoms with van der Waals surface area (Å²) < 4.78 is 0. The summed E-state index contributed by atoms with van der Waals surface area (Å²) in [6.45, 7) is 2.07. The summed E-state index contributed by atoms with van der Waals surface area (Å²) in [6.07, 6.45) is 0.412. The SMILES string of the molecule is Cc1ccc(NC(=O)C(=O)NCCCO)cc1Cl. The lowest BCUT2D eigenvalue weighted by molar-refractivity contribution is -0.136. The maximum atomic E-state index is 11.5. The van der Waals surface area contributed by atoms with Crippen LogP contribution in [-0.4, -0.2) is 30.1 Å². The van der Waals surface area contributed by atoms with Gasteiger partial charge >= 0.3 is 11.8 Å². The first kappa shape index (κ1) is 14.5. The van der Waals surface area contributed by atoms with E-state index in [-0.39, 0.29) is 13.2 Å². The molecule has 0 fully saturated rings. The quantitative estimate of drug-likeness (QED) is 0.566. The molecule has 2 amide bonds. The van der Waals surface area contributed by atoms with Crippen molar-refractivity contribution < 1.29 is 14.7 Å². The summed E-state index contributed by atoms with van der Waals surface area (Å²) >= 11 is 5.90. The van der Waals surface area contributed by atoms with Crippen molar-refractivity contribution in [3.63, 3.8) is 0 Å². The maximum Gasteiger partial charge on any atom is 0.313 e. The predicted octanol–water partition coefficient (Wildman–Crippen LogP) is 1.09. The third-order valence-corrected chi connectivity index (χ3v) is 2.66. The van der Waals surface area contributed by atoms with Crippen molar-refractivity contribution in [1.82, 2.24) is 5.32 Å². The number of carbonyl (C=O) groups is 2. The molecule has 5 nitrogen and oxygen atoms in total. The Hall–Kier alpha value is -1.59. The lowest BCUT2D eigenvalue weighted by Gasteiger charge is -2.07. The summed E-state index contributed by atoms with van der Waals surface area (Å²) in [7, 11) is 0. The highest BCUT2D eigenvalue weighted by Gasteiger charge is 2.13. The molecule has 0 saturated carbocycles. The Labute approximate surface area is 110 Å². The topological polar surface area (TPSA) is 78.4 Å². The minimum atomic E-state index is -0.757. The van der Waals surface area contributed by atoms with Crippen LogP contribution in [0.25, 0.3) is 0 Å². The first-order valence-electron chi connectivity index (χ1n) is 5.51. The van der Waals surface area contributed by atoms with E-state index in [4.69, 9.17) is 16.7 Å². The summed E-state index contributed by atoms with van der Waals surface area (Å²) in [4.78, 5) is 22.8. The van der Waals surface area contributed by atoms with Crippen LogP contribution in [0.1, 0.15) is 12.0 Å². The lowest BCUT2D eigenvalue weighted by atomic mass is 10.2. The largest absolute Gasteiger partial charge is 0.396 e. The standard InChI is InChI=1S/C12H15ClN2O3/c1-8-3-4-9(7-10(8)13)15-12(18)11(17)14-5-2-6-16/h3-4,7,16H,2,5-6H2,1H3,(H,14,17)(H,15,18). The Morgan fingerprint density at radius 2 is 2.06 bits per heavy atom. The predicted molar refractivity (Wildman–Crippen MR) is 69.5 cm³/mol. The van der Waals surface area contributed by atoms with Gasteiger partial charge in [0.25, 0.3) is 0 Å². The van der Waals surface area contributed by atoms with E-state index in [0.717, 1.165) is 5.56 Å². The van der Waals surface area contributed by atoms with Gasteiger partial charge in [-0.3, -0.25) is 9.59 Å². The summed E-state index contributed by atoms with van der Waals surface area (Å²) in [5, 5.41) is 13.9. The van der Waals surface area contributed by atoms with Crippen LogP contribution in [0, 0.1) is 6.92 Å². The molecule has 0 radical (unpaired) electrons. The van der Waals surface area contributed by atoms with Crippen LogP contribution >= 0.6 is 11.6 Å². The maximum absolute atomic E-state index is 11.5. The number of aliphatic hydroxyl groups is 1. The molecule has 0 aliphatic rings. The van der Waals surface area contributed by atoms with Gasteiger partial charge in [0.2, 0.25) is 0 Å². The number of hydrogen-bond acceptors (Lipinski definition) is 3. The van der Waals surface area contributed by atoms with Crippen LogP contribution in [0.15, 0.2) is 18.2 Å². The molecular formula is C12H15ClN2O3. The molecule has 0 heterocycles. The number of halogens is 1. The molecule has 3 N–H and O–H groups in total. The number of amides is 2. The van der Waals surface area contributed by atoms with Gasteiger partial charge in [0.1, 0.15) is 0 Å². The van der Waals surface area contributed by atoms with E-state index in [9.17, 15) is 9.59 Å². The average Bonchev–Trinajstić information content (AvgIpc) is 2.34. The Balaban J connectivity index is 2.53. The Kier molecular flexibility index (Phi) is 5.61. The fourth-order valence-corrected chi connectivity index (χ4v) is 1.40. The number of aliphatic hydroxyl groups excluding tert-OH is 1. The number of carbonyl (C=O) groups excluding carboxylic acids is 2. The summed E-state index contributed by atoms with van der Waals surface area (Å²) in [5.74, 6) is -1.49. The van der Waals surface area contributed by atoms with Crippen molar-refractivity contribution in [3.8, 4) is 0 Å². The van der Waals surface area contributed by atoms with Crippen LogP contribution in [0.4, 0.5) is 5.69 Å². The van der Waals surface area contributed by atoms with Gasteiger partial charge in [0, 0.05) is 23.9 Å². The van der Waals surface area contributed by atoms with Crippen LogP contribution in [0.2, 0.25) is 5.02 Å². The second-order valence-electron chi connectivity index (χ2n) is 3.75. The fraction of sp³-hybridized carbons (Fsp3) is 0.333. The first-order valence-corrected chi connectivity index (χ1v) is 5.88. The molecule has 0 unspecified atom stereocenters. The molecule has 6 heteroatoms. The molecule has 0 aromatic heterocycles. The average molecular weight is 271 g/mol. The Bertz CT molecular complexity index is 449. The van der Waals surface area contributed by atoms with E-state index in [0.29, 0.717) is 17.1 Å². The van der Waals surface area contributed by atoms with Gasteiger partial charge in [0.15, 0.2) is 0 Å². The minimum Gasteiger partial charge on any atom is -0.396 e. The van der Waals surface area contributed by atoms with Gasteiger partial charge in [-0.2, -0.15) is 0 Å². The van der Waals surface area contributed by atoms with Crippen LogP contribution in [-0.2, 0) is 9.59 Å². The summed E-state index contributed by atoms with van der Waals surface area (Å²) in [6, 6.07) is 5.00. The zero-order valence-corrected chi connectivity index (χ0v) is 10.8. The molecule has 98 valence electrons. The molecule has 1 aromatic carbocycles. The third kappa shape index (κ3) is 4.35.